The average molecular weight is 225 g/mol. The quantitative estimate of drug-likeness (QED) is 0.618. The first-order valence-corrected chi connectivity index (χ1v) is 6.10. The summed E-state index contributed by atoms with van der Waals surface area (Å²) in [4.78, 5) is 0. The number of thiophene rings is 1. The van der Waals surface area contributed by atoms with Gasteiger partial charge in [-0.25, -0.2) is 0 Å². The van der Waals surface area contributed by atoms with Crippen molar-refractivity contribution in [3.63, 3.8) is 0 Å². The van der Waals surface area contributed by atoms with Crippen LogP contribution in [0.15, 0.2) is 53.2 Å². The molecule has 1 nitrogen and oxygen atoms in total. The number of hydrogen-bond donors (Lipinski definition) is 1. The molecule has 16 heavy (non-hydrogen) atoms. The molecule has 1 heterocycles. The molecule has 2 heteroatoms. The van der Waals surface area contributed by atoms with Crippen LogP contribution in [0.2, 0.25) is 0 Å². The summed E-state index contributed by atoms with van der Waals surface area (Å²) in [6, 6.07) is 14.6. The largest absolute Gasteiger partial charge is 0.398 e. The third-order valence-electron chi connectivity index (χ3n) is 2.75. The van der Waals surface area contributed by atoms with E-state index >= 15 is 0 Å². The number of hydrogen-bond acceptors (Lipinski definition) is 2. The number of nitrogens with two attached hydrogens (primary N) is 1. The zero-order chi connectivity index (χ0) is 11.0. The fourth-order valence-corrected chi connectivity index (χ4v) is 2.60. The Morgan fingerprint density at radius 3 is 2.62 bits per heavy atom. The van der Waals surface area contributed by atoms with Gasteiger partial charge in [0.05, 0.1) is 0 Å². The first-order valence-electron chi connectivity index (χ1n) is 5.15. The van der Waals surface area contributed by atoms with E-state index in [1.165, 1.54) is 16.5 Å². The lowest BCUT2D eigenvalue weighted by Gasteiger charge is -2.05. The molecule has 2 N–H and O–H groups in total. The van der Waals surface area contributed by atoms with E-state index in [9.17, 15) is 0 Å². The van der Waals surface area contributed by atoms with Crippen molar-refractivity contribution in [2.45, 2.75) is 0 Å². The van der Waals surface area contributed by atoms with Crippen LogP contribution in [-0.2, 0) is 0 Å². The monoisotopic (exact) mass is 225 g/mol. The first kappa shape index (κ1) is 9.43. The molecular formula is C14H11NS. The van der Waals surface area contributed by atoms with Crippen molar-refractivity contribution in [1.82, 2.24) is 0 Å². The zero-order valence-electron chi connectivity index (χ0n) is 8.68. The molecule has 0 aliphatic carbocycles. The summed E-state index contributed by atoms with van der Waals surface area (Å²) in [6.07, 6.45) is 0. The highest BCUT2D eigenvalue weighted by molar-refractivity contribution is 7.08. The second-order valence-electron chi connectivity index (χ2n) is 3.80. The van der Waals surface area contributed by atoms with E-state index in [1.807, 2.05) is 18.2 Å². The molecule has 0 unspecified atom stereocenters. The van der Waals surface area contributed by atoms with Gasteiger partial charge in [-0.15, -0.1) is 0 Å². The van der Waals surface area contributed by atoms with Crippen LogP contribution in [0, 0.1) is 0 Å². The maximum atomic E-state index is 6.07. The normalized spacial score (nSPS) is 10.8. The first-order chi connectivity index (χ1) is 7.84. The molecule has 78 valence electrons. The number of nitrogen functional groups attached to an aromatic ring is 1. The van der Waals surface area contributed by atoms with Crippen molar-refractivity contribution < 1.29 is 0 Å². The number of rotatable bonds is 1. The minimum absolute atomic E-state index is 0.847. The molecule has 0 saturated carbocycles. The van der Waals surface area contributed by atoms with Crippen molar-refractivity contribution in [3.05, 3.63) is 53.2 Å². The SMILES string of the molecule is Nc1cc(-c2ccsc2)cc2ccccc12. The van der Waals surface area contributed by atoms with Gasteiger partial charge in [0.15, 0.2) is 0 Å². The van der Waals surface area contributed by atoms with E-state index in [-0.39, 0.29) is 0 Å². The summed E-state index contributed by atoms with van der Waals surface area (Å²) in [5.41, 5.74) is 9.34. The smallest absolute Gasteiger partial charge is 0.0399 e. The predicted octanol–water partition coefficient (Wildman–Crippen LogP) is 4.15. The minimum Gasteiger partial charge on any atom is -0.398 e. The lowest BCUT2D eigenvalue weighted by atomic mass is 10.0. The molecule has 0 bridgehead atoms. The molecule has 3 aromatic rings. The Kier molecular flexibility index (Phi) is 2.15. The van der Waals surface area contributed by atoms with Gasteiger partial charge in [-0.2, -0.15) is 11.3 Å². The zero-order valence-corrected chi connectivity index (χ0v) is 9.50. The minimum atomic E-state index is 0.847. The Morgan fingerprint density at radius 1 is 0.938 bits per heavy atom. The number of benzene rings is 2. The molecule has 2 aromatic carbocycles. The fourth-order valence-electron chi connectivity index (χ4n) is 1.94. The maximum Gasteiger partial charge on any atom is 0.0399 e. The van der Waals surface area contributed by atoms with Gasteiger partial charge in [0.25, 0.3) is 0 Å². The summed E-state index contributed by atoms with van der Waals surface area (Å²) in [7, 11) is 0. The third-order valence-corrected chi connectivity index (χ3v) is 3.43. The predicted molar refractivity (Wildman–Crippen MR) is 71.7 cm³/mol. The lowest BCUT2D eigenvalue weighted by Crippen LogP contribution is -1.88. The second kappa shape index (κ2) is 3.65. The van der Waals surface area contributed by atoms with Crippen LogP contribution in [0.25, 0.3) is 21.9 Å². The Bertz CT molecular complexity index is 626. The highest BCUT2D eigenvalue weighted by atomic mass is 32.1. The van der Waals surface area contributed by atoms with E-state index < -0.39 is 0 Å². The molecule has 0 aliphatic rings. The standard InChI is InChI=1S/C14H11NS/c15-14-8-12(11-5-6-16-9-11)7-10-3-1-2-4-13(10)14/h1-9H,15H2. The average Bonchev–Trinajstić information content (AvgIpc) is 2.82. The van der Waals surface area contributed by atoms with Crippen molar-refractivity contribution >= 4 is 27.8 Å². The van der Waals surface area contributed by atoms with Gasteiger partial charge in [0.2, 0.25) is 0 Å². The number of fused-ring (bicyclic) bond motifs is 1. The highest BCUT2D eigenvalue weighted by Crippen LogP contribution is 2.30. The van der Waals surface area contributed by atoms with Crippen LogP contribution >= 0.6 is 11.3 Å². The fraction of sp³-hybridized carbons (Fsp3) is 0. The van der Waals surface area contributed by atoms with Gasteiger partial charge in [0, 0.05) is 11.1 Å². The molecule has 0 spiro atoms. The van der Waals surface area contributed by atoms with Gasteiger partial charge < -0.3 is 5.73 Å². The van der Waals surface area contributed by atoms with E-state index in [4.69, 9.17) is 5.73 Å². The van der Waals surface area contributed by atoms with E-state index in [2.05, 4.69) is 35.0 Å². The van der Waals surface area contributed by atoms with Crippen molar-refractivity contribution in [2.75, 3.05) is 5.73 Å². The summed E-state index contributed by atoms with van der Waals surface area (Å²) in [5, 5.41) is 6.55. The van der Waals surface area contributed by atoms with Gasteiger partial charge in [-0.3, -0.25) is 0 Å². The van der Waals surface area contributed by atoms with Crippen LogP contribution in [0.4, 0.5) is 5.69 Å². The van der Waals surface area contributed by atoms with Crippen LogP contribution in [0.5, 0.6) is 0 Å². The molecule has 1 aromatic heterocycles. The Morgan fingerprint density at radius 2 is 1.81 bits per heavy atom. The van der Waals surface area contributed by atoms with E-state index in [0.717, 1.165) is 11.1 Å². The van der Waals surface area contributed by atoms with Gasteiger partial charge in [-0.1, -0.05) is 24.3 Å². The summed E-state index contributed by atoms with van der Waals surface area (Å²) in [6.45, 7) is 0. The van der Waals surface area contributed by atoms with Crippen molar-refractivity contribution in [3.8, 4) is 11.1 Å². The Labute approximate surface area is 98.2 Å². The van der Waals surface area contributed by atoms with Crippen LogP contribution in [0.1, 0.15) is 0 Å². The molecule has 0 fully saturated rings. The molecule has 0 amide bonds. The van der Waals surface area contributed by atoms with Crippen molar-refractivity contribution in [2.24, 2.45) is 0 Å². The topological polar surface area (TPSA) is 26.0 Å². The molecule has 0 radical (unpaired) electrons. The summed E-state index contributed by atoms with van der Waals surface area (Å²) >= 11 is 1.70. The van der Waals surface area contributed by atoms with Crippen LogP contribution in [-0.4, -0.2) is 0 Å². The van der Waals surface area contributed by atoms with Gasteiger partial charge >= 0.3 is 0 Å². The van der Waals surface area contributed by atoms with Gasteiger partial charge in [0.1, 0.15) is 0 Å². The highest BCUT2D eigenvalue weighted by Gasteiger charge is 2.03. The van der Waals surface area contributed by atoms with Gasteiger partial charge in [-0.05, 0) is 45.5 Å². The van der Waals surface area contributed by atoms with E-state index in [0.29, 0.717) is 0 Å². The molecular weight excluding hydrogens is 214 g/mol. The number of anilines is 1. The molecule has 0 saturated heterocycles. The lowest BCUT2D eigenvalue weighted by molar-refractivity contribution is 1.70. The van der Waals surface area contributed by atoms with Crippen LogP contribution < -0.4 is 5.73 Å². The Balaban J connectivity index is 2.29. The van der Waals surface area contributed by atoms with Crippen molar-refractivity contribution in [1.29, 1.82) is 0 Å². The molecule has 0 aliphatic heterocycles. The summed E-state index contributed by atoms with van der Waals surface area (Å²) in [5.74, 6) is 0. The van der Waals surface area contributed by atoms with E-state index in [1.54, 1.807) is 11.3 Å². The third kappa shape index (κ3) is 1.48. The molecule has 3 rings (SSSR count). The second-order valence-corrected chi connectivity index (χ2v) is 4.58. The summed E-state index contributed by atoms with van der Waals surface area (Å²) < 4.78 is 0. The molecule has 0 atom stereocenters. The maximum absolute atomic E-state index is 6.07. The Hall–Kier alpha value is -1.80. The van der Waals surface area contributed by atoms with Crippen LogP contribution in [0.3, 0.4) is 0 Å².